The van der Waals surface area contributed by atoms with Crippen molar-refractivity contribution in [1.29, 1.82) is 0 Å². The summed E-state index contributed by atoms with van der Waals surface area (Å²) >= 11 is 1.54. The van der Waals surface area contributed by atoms with Crippen LogP contribution in [-0.2, 0) is 20.9 Å². The number of carbonyl (C=O) groups is 2. The number of carbonyl (C=O) groups excluding carboxylic acids is 2. The van der Waals surface area contributed by atoms with Crippen molar-refractivity contribution in [3.63, 3.8) is 0 Å². The van der Waals surface area contributed by atoms with Gasteiger partial charge in [0.1, 0.15) is 12.4 Å². The Kier molecular flexibility index (Phi) is 7.18. The number of aliphatic imine (C=N–C) groups is 1. The molecule has 0 N–H and O–H groups in total. The second-order valence-electron chi connectivity index (χ2n) is 8.49. The number of hydrogen-bond acceptors (Lipinski definition) is 6. The van der Waals surface area contributed by atoms with Crippen LogP contribution in [0.5, 0.6) is 5.75 Å². The summed E-state index contributed by atoms with van der Waals surface area (Å²) in [5.74, 6) is 1.15. The van der Waals surface area contributed by atoms with Crippen LogP contribution in [-0.4, -0.2) is 34.3 Å². The quantitative estimate of drug-likeness (QED) is 0.533. The molecule has 0 radical (unpaired) electrons. The van der Waals surface area contributed by atoms with Gasteiger partial charge in [0.2, 0.25) is 5.91 Å². The summed E-state index contributed by atoms with van der Waals surface area (Å²) in [6.07, 6.45) is 0.409. The highest BCUT2D eigenvalue weighted by Crippen LogP contribution is 2.40. The molecule has 2 aliphatic heterocycles. The Hall–Kier alpha value is -3.06. The van der Waals surface area contributed by atoms with Gasteiger partial charge in [-0.05, 0) is 36.1 Å². The molecule has 1 fully saturated rings. The molecule has 33 heavy (non-hydrogen) atoms. The first-order valence-electron chi connectivity index (χ1n) is 11.1. The van der Waals surface area contributed by atoms with Crippen LogP contribution in [0.1, 0.15) is 44.4 Å². The third-order valence-electron chi connectivity index (χ3n) is 5.42. The molecule has 1 saturated heterocycles. The first-order valence-corrected chi connectivity index (χ1v) is 12.1. The zero-order valence-electron chi connectivity index (χ0n) is 19.1. The normalized spacial score (nSPS) is 18.2. The zero-order valence-corrected chi connectivity index (χ0v) is 19.9. The fourth-order valence-electron chi connectivity index (χ4n) is 3.78. The first kappa shape index (κ1) is 23.1. The van der Waals surface area contributed by atoms with E-state index in [1.54, 1.807) is 11.8 Å². The van der Waals surface area contributed by atoms with Crippen LogP contribution >= 0.6 is 11.8 Å². The third-order valence-corrected chi connectivity index (χ3v) is 6.37. The molecule has 0 unspecified atom stereocenters. The van der Waals surface area contributed by atoms with Gasteiger partial charge in [-0.15, -0.1) is 0 Å². The predicted octanol–water partition coefficient (Wildman–Crippen LogP) is 5.12. The highest BCUT2D eigenvalue weighted by molar-refractivity contribution is 8.14. The molecule has 6 nitrogen and oxygen atoms in total. The van der Waals surface area contributed by atoms with Crippen molar-refractivity contribution in [2.24, 2.45) is 10.9 Å². The molecule has 2 heterocycles. The van der Waals surface area contributed by atoms with E-state index in [1.165, 1.54) is 11.8 Å². The molecule has 0 aromatic heterocycles. The molecule has 172 valence electrons. The number of hydrogen-bond donors (Lipinski definition) is 0. The van der Waals surface area contributed by atoms with E-state index >= 15 is 0 Å². The maximum absolute atomic E-state index is 13.1. The predicted molar refractivity (Wildman–Crippen MR) is 130 cm³/mol. The van der Waals surface area contributed by atoms with Crippen molar-refractivity contribution in [1.82, 2.24) is 4.90 Å². The minimum absolute atomic E-state index is 0.0384. The number of allylic oxidation sites excluding steroid dienone is 1. The van der Waals surface area contributed by atoms with Gasteiger partial charge in [0, 0.05) is 12.2 Å². The minimum Gasteiger partial charge on any atom is -0.489 e. The number of benzene rings is 2. The molecular formula is C26H28N2O4S. The van der Waals surface area contributed by atoms with Gasteiger partial charge >= 0.3 is 5.97 Å². The van der Waals surface area contributed by atoms with E-state index in [1.807, 2.05) is 68.4 Å². The van der Waals surface area contributed by atoms with E-state index in [0.29, 0.717) is 41.8 Å². The van der Waals surface area contributed by atoms with E-state index in [9.17, 15) is 9.59 Å². The van der Waals surface area contributed by atoms with Crippen LogP contribution in [0.2, 0.25) is 0 Å². The van der Waals surface area contributed by atoms with E-state index in [0.717, 1.165) is 16.9 Å². The fourth-order valence-corrected chi connectivity index (χ4v) is 4.79. The van der Waals surface area contributed by atoms with Crippen molar-refractivity contribution >= 4 is 28.8 Å². The number of amides is 1. The first-order chi connectivity index (χ1) is 15.9. The Bertz CT molecular complexity index is 1080. The van der Waals surface area contributed by atoms with Gasteiger partial charge in [0.15, 0.2) is 5.17 Å². The average Bonchev–Trinajstić information content (AvgIpc) is 2.81. The summed E-state index contributed by atoms with van der Waals surface area (Å²) < 4.78 is 11.5. The molecule has 0 spiro atoms. The van der Waals surface area contributed by atoms with Crippen molar-refractivity contribution in [3.05, 3.63) is 77.0 Å². The second-order valence-corrected chi connectivity index (χ2v) is 9.56. The Morgan fingerprint density at radius 3 is 2.58 bits per heavy atom. The molecule has 2 aliphatic rings. The van der Waals surface area contributed by atoms with Gasteiger partial charge < -0.3 is 9.47 Å². The number of nitrogens with zero attached hydrogens (tertiary/aromatic N) is 2. The molecule has 7 heteroatoms. The Labute approximate surface area is 198 Å². The summed E-state index contributed by atoms with van der Waals surface area (Å²) in [5.41, 5.74) is 2.90. The van der Waals surface area contributed by atoms with Gasteiger partial charge in [-0.25, -0.2) is 9.79 Å². The molecule has 1 atom stereocenters. The summed E-state index contributed by atoms with van der Waals surface area (Å²) in [7, 11) is 0. The van der Waals surface area contributed by atoms with Gasteiger partial charge in [0.05, 0.1) is 23.9 Å². The topological polar surface area (TPSA) is 68.2 Å². The third kappa shape index (κ3) is 5.30. The Balaban J connectivity index is 1.62. The number of amidine groups is 1. The van der Waals surface area contributed by atoms with Gasteiger partial charge in [0.25, 0.3) is 0 Å². The monoisotopic (exact) mass is 464 g/mol. The van der Waals surface area contributed by atoms with E-state index < -0.39 is 12.0 Å². The number of esters is 1. The largest absolute Gasteiger partial charge is 0.489 e. The van der Waals surface area contributed by atoms with Crippen molar-refractivity contribution in [3.8, 4) is 5.75 Å². The van der Waals surface area contributed by atoms with Gasteiger partial charge in [-0.1, -0.05) is 68.1 Å². The molecule has 0 saturated carbocycles. The molecular weight excluding hydrogens is 436 g/mol. The summed E-state index contributed by atoms with van der Waals surface area (Å²) in [5, 5.41) is 0.638. The lowest BCUT2D eigenvalue weighted by Gasteiger charge is -2.39. The standard InChI is InChI=1S/C26H28N2O4S/c1-17(2)15-32-25(30)23-18(3)27-26-28(22(29)13-14-33-26)24(23)20-9-11-21(12-10-20)31-16-19-7-5-4-6-8-19/h4-12,17,24H,13-16H2,1-3H3/t24-/m0/s1. The molecule has 1 amide bonds. The second kappa shape index (κ2) is 10.3. The molecule has 4 rings (SSSR count). The smallest absolute Gasteiger partial charge is 0.338 e. The lowest BCUT2D eigenvalue weighted by molar-refractivity contribution is -0.141. The lowest BCUT2D eigenvalue weighted by atomic mass is 9.94. The molecule has 0 bridgehead atoms. The summed E-state index contributed by atoms with van der Waals surface area (Å²) in [4.78, 5) is 32.2. The Morgan fingerprint density at radius 1 is 1.15 bits per heavy atom. The number of rotatable bonds is 7. The molecule has 2 aromatic carbocycles. The van der Waals surface area contributed by atoms with Crippen LogP contribution in [0, 0.1) is 5.92 Å². The molecule has 0 aliphatic carbocycles. The molecule has 2 aromatic rings. The van der Waals surface area contributed by atoms with E-state index in [4.69, 9.17) is 9.47 Å². The number of thioether (sulfide) groups is 1. The number of fused-ring (bicyclic) bond motifs is 1. The van der Waals surface area contributed by atoms with Gasteiger partial charge in [-0.3, -0.25) is 9.69 Å². The van der Waals surface area contributed by atoms with E-state index in [-0.39, 0.29) is 11.8 Å². The van der Waals surface area contributed by atoms with Crippen molar-refractivity contribution in [2.45, 2.75) is 39.8 Å². The highest BCUT2D eigenvalue weighted by Gasteiger charge is 2.41. The van der Waals surface area contributed by atoms with Crippen LogP contribution < -0.4 is 4.74 Å². The Morgan fingerprint density at radius 2 is 1.88 bits per heavy atom. The van der Waals surface area contributed by atoms with Crippen LogP contribution in [0.25, 0.3) is 0 Å². The van der Waals surface area contributed by atoms with Crippen LogP contribution in [0.15, 0.2) is 70.9 Å². The summed E-state index contributed by atoms with van der Waals surface area (Å²) in [6, 6.07) is 16.9. The zero-order chi connectivity index (χ0) is 23.4. The van der Waals surface area contributed by atoms with Crippen molar-refractivity contribution in [2.75, 3.05) is 12.4 Å². The average molecular weight is 465 g/mol. The maximum atomic E-state index is 13.1. The van der Waals surface area contributed by atoms with Crippen molar-refractivity contribution < 1.29 is 19.1 Å². The van der Waals surface area contributed by atoms with Crippen LogP contribution in [0.4, 0.5) is 0 Å². The lowest BCUT2D eigenvalue weighted by Crippen LogP contribution is -2.45. The van der Waals surface area contributed by atoms with E-state index in [2.05, 4.69) is 4.99 Å². The maximum Gasteiger partial charge on any atom is 0.338 e. The summed E-state index contributed by atoms with van der Waals surface area (Å²) in [6.45, 7) is 6.56. The van der Waals surface area contributed by atoms with Gasteiger partial charge in [-0.2, -0.15) is 0 Å². The fraction of sp³-hybridized carbons (Fsp3) is 0.346. The highest BCUT2D eigenvalue weighted by atomic mass is 32.2. The number of ether oxygens (including phenoxy) is 2. The minimum atomic E-state index is -0.569. The SMILES string of the molecule is CC1=C(C(=O)OCC(C)C)[C@H](c2ccc(OCc3ccccc3)cc2)N2C(=O)CCSC2=N1. The van der Waals surface area contributed by atoms with Crippen LogP contribution in [0.3, 0.4) is 0 Å².